The fourth-order valence-electron chi connectivity index (χ4n) is 4.58. The fourth-order valence-corrected chi connectivity index (χ4v) is 4.58. The van der Waals surface area contributed by atoms with E-state index in [1.165, 1.54) is 0 Å². The van der Waals surface area contributed by atoms with Crippen LogP contribution in [-0.4, -0.2) is 45.8 Å². The lowest BCUT2D eigenvalue weighted by molar-refractivity contribution is -0.142. The zero-order valence-corrected chi connectivity index (χ0v) is 20.3. The Bertz CT molecular complexity index is 1420. The Morgan fingerprint density at radius 3 is 2.50 bits per heavy atom. The summed E-state index contributed by atoms with van der Waals surface area (Å²) >= 11 is 0. The topological polar surface area (TPSA) is 88.2 Å². The predicted octanol–water partition coefficient (Wildman–Crippen LogP) is 4.62. The number of amides is 2. The smallest absolute Gasteiger partial charge is 0.271 e. The van der Waals surface area contributed by atoms with E-state index in [0.717, 1.165) is 34.6 Å². The van der Waals surface area contributed by atoms with Gasteiger partial charge in [-0.15, -0.1) is 0 Å². The van der Waals surface area contributed by atoms with Gasteiger partial charge in [0, 0.05) is 29.5 Å². The van der Waals surface area contributed by atoms with Gasteiger partial charge in [-0.3, -0.25) is 14.5 Å². The zero-order valence-electron chi connectivity index (χ0n) is 20.3. The SMILES string of the molecule is CC1=C(C#N)C(=O)N(CC2CCCO2)C(=O)/C1=C/c1cn(-c2ccccc2)nc1-c1ccc(C)cc1. The second kappa shape index (κ2) is 9.76. The number of aromatic nitrogens is 2. The van der Waals surface area contributed by atoms with E-state index in [1.54, 1.807) is 17.7 Å². The molecule has 36 heavy (non-hydrogen) atoms. The van der Waals surface area contributed by atoms with Crippen molar-refractivity contribution in [3.63, 3.8) is 0 Å². The summed E-state index contributed by atoms with van der Waals surface area (Å²) in [6, 6.07) is 19.7. The second-order valence-electron chi connectivity index (χ2n) is 9.10. The molecule has 2 aromatic carbocycles. The Kier molecular flexibility index (Phi) is 6.36. The molecule has 0 bridgehead atoms. The molecule has 180 valence electrons. The monoisotopic (exact) mass is 478 g/mol. The lowest BCUT2D eigenvalue weighted by Gasteiger charge is -2.29. The number of nitrogens with zero attached hydrogens (tertiary/aromatic N) is 4. The zero-order chi connectivity index (χ0) is 25.2. The molecule has 1 unspecified atom stereocenters. The minimum Gasteiger partial charge on any atom is -0.376 e. The summed E-state index contributed by atoms with van der Waals surface area (Å²) < 4.78 is 7.43. The number of rotatable bonds is 5. The summed E-state index contributed by atoms with van der Waals surface area (Å²) in [7, 11) is 0. The molecular weight excluding hydrogens is 452 g/mol. The van der Waals surface area contributed by atoms with Gasteiger partial charge in [-0.05, 0) is 50.5 Å². The van der Waals surface area contributed by atoms with Crippen LogP contribution in [0.15, 0.2) is 77.5 Å². The average Bonchev–Trinajstić information content (AvgIpc) is 3.56. The number of benzene rings is 2. The standard InChI is InChI=1S/C29H26N4O3/c1-19-10-12-21(13-11-19)27-22(17-33(31-27)23-7-4-3-5-8-23)15-25-20(2)26(16-30)29(35)32(28(25)34)18-24-9-6-14-36-24/h3-5,7-8,10-13,15,17,24H,6,9,14,18H2,1-2H3/b25-15+. The Morgan fingerprint density at radius 2 is 1.83 bits per heavy atom. The summed E-state index contributed by atoms with van der Waals surface area (Å²) in [4.78, 5) is 27.7. The van der Waals surface area contributed by atoms with Crippen molar-refractivity contribution in [1.82, 2.24) is 14.7 Å². The lowest BCUT2D eigenvalue weighted by Crippen LogP contribution is -2.46. The van der Waals surface area contributed by atoms with Gasteiger partial charge >= 0.3 is 0 Å². The first kappa shape index (κ1) is 23.5. The maximum atomic E-state index is 13.6. The number of hydrogen-bond acceptors (Lipinski definition) is 5. The van der Waals surface area contributed by atoms with Crippen molar-refractivity contribution in [3.8, 4) is 23.0 Å². The number of hydrogen-bond donors (Lipinski definition) is 0. The second-order valence-corrected chi connectivity index (χ2v) is 9.10. The molecule has 2 aliphatic heterocycles. The molecule has 2 aliphatic rings. The van der Waals surface area contributed by atoms with Crippen LogP contribution in [-0.2, 0) is 14.3 Å². The van der Waals surface area contributed by atoms with Gasteiger partial charge in [0.2, 0.25) is 0 Å². The number of carbonyl (C=O) groups is 2. The maximum Gasteiger partial charge on any atom is 0.271 e. The Morgan fingerprint density at radius 1 is 1.08 bits per heavy atom. The first-order chi connectivity index (χ1) is 17.5. The van der Waals surface area contributed by atoms with Crippen molar-refractivity contribution in [2.75, 3.05) is 13.2 Å². The molecule has 1 fully saturated rings. The largest absolute Gasteiger partial charge is 0.376 e. The van der Waals surface area contributed by atoms with Gasteiger partial charge in [0.25, 0.3) is 11.8 Å². The molecule has 3 heterocycles. The first-order valence-electron chi connectivity index (χ1n) is 12.0. The van der Waals surface area contributed by atoms with E-state index in [4.69, 9.17) is 9.84 Å². The van der Waals surface area contributed by atoms with E-state index in [1.807, 2.05) is 73.8 Å². The van der Waals surface area contributed by atoms with Crippen molar-refractivity contribution in [2.24, 2.45) is 0 Å². The number of ether oxygens (including phenoxy) is 1. The van der Waals surface area contributed by atoms with Gasteiger partial charge in [0.1, 0.15) is 11.6 Å². The molecular formula is C29H26N4O3. The summed E-state index contributed by atoms with van der Waals surface area (Å²) in [6.07, 6.45) is 5.07. The van der Waals surface area contributed by atoms with Crippen LogP contribution in [0, 0.1) is 18.3 Å². The molecule has 2 amide bonds. The quantitative estimate of drug-likeness (QED) is 0.394. The van der Waals surface area contributed by atoms with Crippen LogP contribution in [0.25, 0.3) is 23.0 Å². The van der Waals surface area contributed by atoms with Crippen LogP contribution in [0.4, 0.5) is 0 Å². The van der Waals surface area contributed by atoms with Gasteiger partial charge in [0.15, 0.2) is 0 Å². The van der Waals surface area contributed by atoms with Crippen molar-refractivity contribution >= 4 is 17.9 Å². The van der Waals surface area contributed by atoms with Crippen LogP contribution in [0.1, 0.15) is 30.9 Å². The third kappa shape index (κ3) is 4.39. The minimum absolute atomic E-state index is 0.0221. The molecule has 1 aromatic heterocycles. The lowest BCUT2D eigenvalue weighted by atomic mass is 9.93. The van der Waals surface area contributed by atoms with Crippen LogP contribution in [0.2, 0.25) is 0 Å². The van der Waals surface area contributed by atoms with E-state index < -0.39 is 11.8 Å². The van der Waals surface area contributed by atoms with Gasteiger partial charge in [-0.1, -0.05) is 48.0 Å². The molecule has 0 aliphatic carbocycles. The molecule has 0 N–H and O–H groups in total. The molecule has 0 radical (unpaired) electrons. The highest BCUT2D eigenvalue weighted by Crippen LogP contribution is 2.32. The van der Waals surface area contributed by atoms with Crippen LogP contribution in [0.5, 0.6) is 0 Å². The van der Waals surface area contributed by atoms with Gasteiger partial charge in [-0.25, -0.2) is 4.68 Å². The maximum absolute atomic E-state index is 13.6. The number of para-hydroxylation sites is 1. The Balaban J connectivity index is 1.63. The number of imide groups is 1. The van der Waals surface area contributed by atoms with E-state index >= 15 is 0 Å². The third-order valence-corrected chi connectivity index (χ3v) is 6.62. The van der Waals surface area contributed by atoms with Crippen LogP contribution in [0.3, 0.4) is 0 Å². The van der Waals surface area contributed by atoms with Crippen LogP contribution < -0.4 is 0 Å². The Labute approximate surface area is 209 Å². The molecule has 3 aromatic rings. The van der Waals surface area contributed by atoms with Gasteiger partial charge in [0.05, 0.1) is 24.0 Å². The molecule has 5 rings (SSSR count). The average molecular weight is 479 g/mol. The van der Waals surface area contributed by atoms with E-state index in [-0.39, 0.29) is 18.2 Å². The van der Waals surface area contributed by atoms with Crippen LogP contribution >= 0.6 is 0 Å². The number of nitriles is 1. The number of aryl methyl sites for hydroxylation is 1. The highest BCUT2D eigenvalue weighted by Gasteiger charge is 2.37. The number of carbonyl (C=O) groups excluding carboxylic acids is 2. The molecule has 1 atom stereocenters. The first-order valence-corrected chi connectivity index (χ1v) is 12.0. The summed E-state index contributed by atoms with van der Waals surface area (Å²) in [5, 5.41) is 14.6. The van der Waals surface area contributed by atoms with Crippen molar-refractivity contribution in [3.05, 3.63) is 88.6 Å². The van der Waals surface area contributed by atoms with E-state index in [2.05, 4.69) is 0 Å². The molecule has 0 saturated carbocycles. The van der Waals surface area contributed by atoms with E-state index in [0.29, 0.717) is 29.0 Å². The summed E-state index contributed by atoms with van der Waals surface area (Å²) in [5.41, 5.74) is 4.99. The molecule has 7 nitrogen and oxygen atoms in total. The van der Waals surface area contributed by atoms with E-state index in [9.17, 15) is 14.9 Å². The molecule has 7 heteroatoms. The van der Waals surface area contributed by atoms with Crippen molar-refractivity contribution < 1.29 is 14.3 Å². The minimum atomic E-state index is -0.564. The highest BCUT2D eigenvalue weighted by molar-refractivity contribution is 6.19. The van der Waals surface area contributed by atoms with Crippen molar-refractivity contribution in [2.45, 2.75) is 32.8 Å². The predicted molar refractivity (Wildman–Crippen MR) is 136 cm³/mol. The summed E-state index contributed by atoms with van der Waals surface area (Å²) in [5.74, 6) is -0.985. The highest BCUT2D eigenvalue weighted by atomic mass is 16.5. The normalized spacial score (nSPS) is 19.3. The molecule has 1 saturated heterocycles. The summed E-state index contributed by atoms with van der Waals surface area (Å²) in [6.45, 7) is 4.42. The van der Waals surface area contributed by atoms with Crippen molar-refractivity contribution in [1.29, 1.82) is 5.26 Å². The Hall–Kier alpha value is -4.28. The van der Waals surface area contributed by atoms with Gasteiger partial charge in [-0.2, -0.15) is 10.4 Å². The molecule has 0 spiro atoms. The van der Waals surface area contributed by atoms with Gasteiger partial charge < -0.3 is 4.74 Å². The third-order valence-electron chi connectivity index (χ3n) is 6.62. The fraction of sp³-hybridized carbons (Fsp3) is 0.241.